The van der Waals surface area contributed by atoms with Crippen LogP contribution >= 0.6 is 0 Å². The number of hydrogen-bond donors (Lipinski definition) is 2. The normalized spacial score (nSPS) is 9.50. The summed E-state index contributed by atoms with van der Waals surface area (Å²) in [5.74, 6) is -0.390. The van der Waals surface area contributed by atoms with Gasteiger partial charge in [0.05, 0.1) is 36.4 Å². The molecule has 0 atom stereocenters. The van der Waals surface area contributed by atoms with Gasteiger partial charge in [0.2, 0.25) is 0 Å². The number of carbonyl (C=O) groups is 2. The molecule has 2 aromatic carbocycles. The van der Waals surface area contributed by atoms with Crippen molar-refractivity contribution in [1.82, 2.24) is 10.6 Å². The van der Waals surface area contributed by atoms with E-state index >= 15 is 0 Å². The largest absolute Gasteiger partial charge is 0.492 e. The van der Waals surface area contributed by atoms with Gasteiger partial charge in [-0.15, -0.1) is 0 Å². The second-order valence-electron chi connectivity index (χ2n) is 5.48. The Bertz CT molecular complexity index is 805. The SMILES string of the molecule is N#Cc1ccc(OCCNC(=O)C(=O)NCCOc2ccc(C#N)cc2)cc1. The van der Waals surface area contributed by atoms with E-state index in [1.165, 1.54) is 0 Å². The van der Waals surface area contributed by atoms with Crippen LogP contribution in [-0.2, 0) is 9.59 Å². The standard InChI is InChI=1S/C20H18N4O4/c21-13-15-1-5-17(6-2-15)27-11-9-23-19(25)20(26)24-10-12-28-18-7-3-16(14-22)4-8-18/h1-8H,9-12H2,(H,23,25)(H,24,26). The van der Waals surface area contributed by atoms with Crippen molar-refractivity contribution in [2.45, 2.75) is 0 Å². The summed E-state index contributed by atoms with van der Waals surface area (Å²) in [5.41, 5.74) is 1.06. The van der Waals surface area contributed by atoms with Crippen LogP contribution in [0.15, 0.2) is 48.5 Å². The first kappa shape index (κ1) is 20.3. The number of amides is 2. The van der Waals surface area contributed by atoms with Crippen molar-refractivity contribution >= 4 is 11.8 Å². The predicted molar refractivity (Wildman–Crippen MR) is 99.3 cm³/mol. The Morgan fingerprint density at radius 2 is 1.07 bits per heavy atom. The fraction of sp³-hybridized carbons (Fsp3) is 0.200. The number of hydrogen-bond acceptors (Lipinski definition) is 6. The van der Waals surface area contributed by atoms with Crippen molar-refractivity contribution in [1.29, 1.82) is 10.5 Å². The zero-order chi connectivity index (χ0) is 20.2. The van der Waals surface area contributed by atoms with Crippen molar-refractivity contribution in [3.8, 4) is 23.6 Å². The van der Waals surface area contributed by atoms with Crippen molar-refractivity contribution in [3.05, 3.63) is 59.7 Å². The summed E-state index contributed by atoms with van der Waals surface area (Å²) < 4.78 is 10.8. The summed E-state index contributed by atoms with van der Waals surface area (Å²) in [7, 11) is 0. The molecule has 8 heteroatoms. The Hall–Kier alpha value is -4.04. The number of ether oxygens (including phenoxy) is 2. The van der Waals surface area contributed by atoms with Gasteiger partial charge in [-0.3, -0.25) is 9.59 Å². The fourth-order valence-corrected chi connectivity index (χ4v) is 2.08. The lowest BCUT2D eigenvalue weighted by Crippen LogP contribution is -2.42. The molecule has 28 heavy (non-hydrogen) atoms. The topological polar surface area (TPSA) is 124 Å². The number of carbonyl (C=O) groups excluding carboxylic acids is 2. The van der Waals surface area contributed by atoms with Gasteiger partial charge < -0.3 is 20.1 Å². The zero-order valence-corrected chi connectivity index (χ0v) is 15.0. The molecule has 0 aliphatic heterocycles. The maximum atomic E-state index is 11.7. The van der Waals surface area contributed by atoms with Gasteiger partial charge in [-0.05, 0) is 48.5 Å². The average Bonchev–Trinajstić information content (AvgIpc) is 2.74. The molecule has 8 nitrogen and oxygen atoms in total. The number of rotatable bonds is 8. The summed E-state index contributed by atoms with van der Waals surface area (Å²) in [6.07, 6.45) is 0. The van der Waals surface area contributed by atoms with Gasteiger partial charge in [0.25, 0.3) is 0 Å². The van der Waals surface area contributed by atoms with Crippen molar-refractivity contribution in [2.24, 2.45) is 0 Å². The molecule has 142 valence electrons. The number of nitrogens with zero attached hydrogens (tertiary/aromatic N) is 2. The lowest BCUT2D eigenvalue weighted by atomic mass is 10.2. The third-order valence-corrected chi connectivity index (χ3v) is 3.49. The zero-order valence-electron chi connectivity index (χ0n) is 15.0. The van der Waals surface area contributed by atoms with E-state index in [-0.39, 0.29) is 26.3 Å². The van der Waals surface area contributed by atoms with E-state index in [0.717, 1.165) is 0 Å². The van der Waals surface area contributed by atoms with E-state index < -0.39 is 11.8 Å². The molecule has 2 N–H and O–H groups in total. The van der Waals surface area contributed by atoms with E-state index in [9.17, 15) is 9.59 Å². The average molecular weight is 378 g/mol. The highest BCUT2D eigenvalue weighted by Gasteiger charge is 2.12. The lowest BCUT2D eigenvalue weighted by Gasteiger charge is -2.09. The Morgan fingerprint density at radius 3 is 1.39 bits per heavy atom. The highest BCUT2D eigenvalue weighted by Crippen LogP contribution is 2.11. The van der Waals surface area contributed by atoms with Crippen molar-refractivity contribution in [3.63, 3.8) is 0 Å². The van der Waals surface area contributed by atoms with Gasteiger partial charge in [-0.2, -0.15) is 10.5 Å². The Kier molecular flexibility index (Phi) is 7.85. The van der Waals surface area contributed by atoms with Crippen LogP contribution in [0.4, 0.5) is 0 Å². The van der Waals surface area contributed by atoms with E-state index in [0.29, 0.717) is 22.6 Å². The molecule has 0 aliphatic carbocycles. The maximum Gasteiger partial charge on any atom is 0.309 e. The van der Waals surface area contributed by atoms with Crippen molar-refractivity contribution < 1.29 is 19.1 Å². The second-order valence-corrected chi connectivity index (χ2v) is 5.48. The van der Waals surface area contributed by atoms with E-state index in [1.54, 1.807) is 48.5 Å². The predicted octanol–water partition coefficient (Wildman–Crippen LogP) is 1.12. The highest BCUT2D eigenvalue weighted by molar-refractivity contribution is 6.35. The molecule has 0 unspecified atom stereocenters. The first-order valence-electron chi connectivity index (χ1n) is 8.44. The Labute approximate surface area is 162 Å². The monoisotopic (exact) mass is 378 g/mol. The molecular formula is C20H18N4O4. The van der Waals surface area contributed by atoms with Crippen LogP contribution in [0.1, 0.15) is 11.1 Å². The van der Waals surface area contributed by atoms with Gasteiger partial charge >= 0.3 is 11.8 Å². The fourth-order valence-electron chi connectivity index (χ4n) is 2.08. The minimum atomic E-state index is -0.762. The van der Waals surface area contributed by atoms with Gasteiger partial charge in [-0.25, -0.2) is 0 Å². The Morgan fingerprint density at radius 1 is 0.714 bits per heavy atom. The van der Waals surface area contributed by atoms with Crippen LogP contribution in [0, 0.1) is 22.7 Å². The van der Waals surface area contributed by atoms with Crippen LogP contribution in [0.5, 0.6) is 11.5 Å². The first-order chi connectivity index (χ1) is 13.6. The number of nitrogens with one attached hydrogen (secondary N) is 2. The summed E-state index contributed by atoms with van der Waals surface area (Å²) in [6.45, 7) is 0.696. The molecule has 0 heterocycles. The number of benzene rings is 2. The summed E-state index contributed by atoms with van der Waals surface area (Å²) in [5, 5.41) is 22.3. The molecule has 0 fully saturated rings. The molecule has 2 aromatic rings. The minimum absolute atomic E-state index is 0.161. The highest BCUT2D eigenvalue weighted by atomic mass is 16.5. The van der Waals surface area contributed by atoms with Crippen LogP contribution in [0.2, 0.25) is 0 Å². The number of nitriles is 2. The minimum Gasteiger partial charge on any atom is -0.492 e. The summed E-state index contributed by atoms with van der Waals surface area (Å²) in [6, 6.07) is 17.1. The lowest BCUT2D eigenvalue weighted by molar-refractivity contribution is -0.139. The summed E-state index contributed by atoms with van der Waals surface area (Å²) >= 11 is 0. The second kappa shape index (κ2) is 10.8. The molecule has 2 rings (SSSR count). The molecular weight excluding hydrogens is 360 g/mol. The molecule has 2 amide bonds. The molecule has 0 saturated heterocycles. The van der Waals surface area contributed by atoms with Crippen molar-refractivity contribution in [2.75, 3.05) is 26.3 Å². The van der Waals surface area contributed by atoms with Gasteiger partial charge in [0.1, 0.15) is 24.7 Å². The quantitative estimate of drug-likeness (QED) is 0.524. The molecule has 0 aromatic heterocycles. The third-order valence-electron chi connectivity index (χ3n) is 3.49. The Balaban J connectivity index is 1.58. The molecule has 0 saturated carbocycles. The van der Waals surface area contributed by atoms with Crippen LogP contribution < -0.4 is 20.1 Å². The van der Waals surface area contributed by atoms with E-state index in [1.807, 2.05) is 12.1 Å². The molecule has 0 spiro atoms. The maximum absolute atomic E-state index is 11.7. The van der Waals surface area contributed by atoms with E-state index in [2.05, 4.69) is 10.6 Å². The van der Waals surface area contributed by atoms with Crippen LogP contribution in [-0.4, -0.2) is 38.1 Å². The van der Waals surface area contributed by atoms with Crippen LogP contribution in [0.3, 0.4) is 0 Å². The molecule has 0 radical (unpaired) electrons. The smallest absolute Gasteiger partial charge is 0.309 e. The van der Waals surface area contributed by atoms with E-state index in [4.69, 9.17) is 20.0 Å². The third kappa shape index (κ3) is 6.70. The summed E-state index contributed by atoms with van der Waals surface area (Å²) in [4.78, 5) is 23.4. The van der Waals surface area contributed by atoms with Gasteiger partial charge in [-0.1, -0.05) is 0 Å². The first-order valence-corrected chi connectivity index (χ1v) is 8.44. The van der Waals surface area contributed by atoms with Gasteiger partial charge in [0.15, 0.2) is 0 Å². The van der Waals surface area contributed by atoms with Crippen LogP contribution in [0.25, 0.3) is 0 Å². The molecule has 0 bridgehead atoms. The van der Waals surface area contributed by atoms with Gasteiger partial charge in [0, 0.05) is 0 Å². The molecule has 0 aliphatic rings.